The topological polar surface area (TPSA) is 105 Å². The Morgan fingerprint density at radius 1 is 1.22 bits per heavy atom. The van der Waals surface area contributed by atoms with Crippen molar-refractivity contribution in [3.05, 3.63) is 41.3 Å². The van der Waals surface area contributed by atoms with Crippen LogP contribution in [0.1, 0.15) is 24.0 Å². The number of carbonyl (C=O) groups excluding carboxylic acids is 1. The minimum Gasteiger partial charge on any atom is -0.485 e. The summed E-state index contributed by atoms with van der Waals surface area (Å²) in [5.74, 6) is 0.179. The number of nitrogens with one attached hydrogen (secondary N) is 1. The highest BCUT2D eigenvalue weighted by Crippen LogP contribution is 2.43. The van der Waals surface area contributed by atoms with Crippen molar-refractivity contribution in [1.29, 1.82) is 0 Å². The number of aryl methyl sites for hydroxylation is 1. The average molecular weight is 525 g/mol. The van der Waals surface area contributed by atoms with Crippen LogP contribution in [0, 0.1) is 12.7 Å². The number of aromatic nitrogens is 3. The fourth-order valence-corrected chi connectivity index (χ4v) is 5.86. The van der Waals surface area contributed by atoms with E-state index in [-0.39, 0.29) is 18.4 Å². The number of methoxy groups -OCH3 is 1. The number of halogens is 1. The number of amides is 1. The van der Waals surface area contributed by atoms with E-state index in [1.165, 1.54) is 17.4 Å². The Morgan fingerprint density at radius 3 is 2.86 bits per heavy atom. The Balaban J connectivity index is 1.25. The van der Waals surface area contributed by atoms with Crippen LogP contribution in [0.15, 0.2) is 24.4 Å². The molecule has 1 amide bonds. The molecule has 1 fully saturated rings. The van der Waals surface area contributed by atoms with Crippen LogP contribution in [0.4, 0.5) is 9.18 Å². The first-order valence-corrected chi connectivity index (χ1v) is 12.9. The van der Waals surface area contributed by atoms with Gasteiger partial charge in [-0.25, -0.2) is 24.1 Å². The minimum absolute atomic E-state index is 0.147. The maximum atomic E-state index is 15.0. The van der Waals surface area contributed by atoms with E-state index in [4.69, 9.17) is 23.9 Å². The van der Waals surface area contributed by atoms with Crippen LogP contribution in [0.25, 0.3) is 31.8 Å². The van der Waals surface area contributed by atoms with Gasteiger partial charge in [0.2, 0.25) is 5.88 Å². The van der Waals surface area contributed by atoms with E-state index in [1.54, 1.807) is 13.3 Å². The number of hydrogen-bond acceptors (Lipinski definition) is 9. The number of rotatable bonds is 5. The molecule has 9 nitrogen and oxygen atoms in total. The monoisotopic (exact) mass is 524 g/mol. The molecule has 1 saturated heterocycles. The second kappa shape index (κ2) is 9.71. The maximum Gasteiger partial charge on any atom is 0.407 e. The van der Waals surface area contributed by atoms with Crippen molar-refractivity contribution in [3.63, 3.8) is 0 Å². The average Bonchev–Trinajstić information content (AvgIpc) is 3.52. The number of fused-ring (bicyclic) bond motifs is 4. The van der Waals surface area contributed by atoms with Gasteiger partial charge in [-0.2, -0.15) is 0 Å². The van der Waals surface area contributed by atoms with E-state index in [0.29, 0.717) is 54.9 Å². The standard InChI is InChI=1S/C26H25FN4O5S/c1-13-7-16(22-19(8-13)30-21(33-2)12-28-22)25-31-20-10-18(27)23-17(24(20)37-25)9-15(35-23)11-29-26(32)36-14-3-5-34-6-4-14/h7-8,10,12,14-15H,3-6,9,11H2,1-2H3,(H,29,32). The number of alkyl carbamates (subject to hydrolysis) is 1. The third-order valence-electron chi connectivity index (χ3n) is 6.52. The second-order valence-corrected chi connectivity index (χ2v) is 10.2. The van der Waals surface area contributed by atoms with Gasteiger partial charge in [0.1, 0.15) is 17.2 Å². The zero-order chi connectivity index (χ0) is 25.5. The highest BCUT2D eigenvalue weighted by atomic mass is 32.1. The Hall–Kier alpha value is -3.57. The molecule has 2 aliphatic heterocycles. The largest absolute Gasteiger partial charge is 0.485 e. The van der Waals surface area contributed by atoms with E-state index in [2.05, 4.69) is 15.3 Å². The van der Waals surface area contributed by atoms with E-state index >= 15 is 0 Å². The number of ether oxygens (including phenoxy) is 4. The lowest BCUT2D eigenvalue weighted by Crippen LogP contribution is -2.37. The van der Waals surface area contributed by atoms with Crippen LogP contribution in [0.2, 0.25) is 0 Å². The van der Waals surface area contributed by atoms with Crippen molar-refractivity contribution in [1.82, 2.24) is 20.3 Å². The molecule has 11 heteroatoms. The van der Waals surface area contributed by atoms with Gasteiger partial charge in [-0.05, 0) is 24.6 Å². The summed E-state index contributed by atoms with van der Waals surface area (Å²) in [4.78, 5) is 26.0. The highest BCUT2D eigenvalue weighted by Gasteiger charge is 2.31. The molecule has 2 aliphatic rings. The van der Waals surface area contributed by atoms with Gasteiger partial charge in [-0.15, -0.1) is 11.3 Å². The van der Waals surface area contributed by atoms with Crippen molar-refractivity contribution in [2.45, 2.75) is 38.4 Å². The summed E-state index contributed by atoms with van der Waals surface area (Å²) in [5, 5.41) is 3.47. The van der Waals surface area contributed by atoms with E-state index < -0.39 is 18.0 Å². The molecule has 1 unspecified atom stereocenters. The number of benzene rings is 2. The molecular weight excluding hydrogens is 499 g/mol. The third kappa shape index (κ3) is 4.64. The SMILES string of the molecule is COc1cnc2c(-c3nc4cc(F)c5c(c4s3)CC(CNC(=O)OC3CCOCC3)O5)cc(C)cc2n1. The van der Waals surface area contributed by atoms with Crippen molar-refractivity contribution >= 4 is 38.7 Å². The van der Waals surface area contributed by atoms with Gasteiger partial charge >= 0.3 is 6.09 Å². The molecule has 4 aromatic rings. The van der Waals surface area contributed by atoms with Gasteiger partial charge in [0.25, 0.3) is 0 Å². The zero-order valence-corrected chi connectivity index (χ0v) is 21.2. The van der Waals surface area contributed by atoms with Crippen molar-refractivity contribution in [2.75, 3.05) is 26.9 Å². The lowest BCUT2D eigenvalue weighted by Gasteiger charge is -2.22. The summed E-state index contributed by atoms with van der Waals surface area (Å²) >= 11 is 1.47. The molecule has 2 aromatic carbocycles. The van der Waals surface area contributed by atoms with Gasteiger partial charge < -0.3 is 24.3 Å². The smallest absolute Gasteiger partial charge is 0.407 e. The van der Waals surface area contributed by atoms with Crippen molar-refractivity contribution in [3.8, 4) is 22.2 Å². The fraction of sp³-hybridized carbons (Fsp3) is 0.385. The molecule has 37 heavy (non-hydrogen) atoms. The number of nitrogens with zero attached hydrogens (tertiary/aromatic N) is 3. The number of carbonyl (C=O) groups is 1. The second-order valence-electron chi connectivity index (χ2n) is 9.17. The molecule has 2 aromatic heterocycles. The Morgan fingerprint density at radius 2 is 2.05 bits per heavy atom. The van der Waals surface area contributed by atoms with Gasteiger partial charge in [0.15, 0.2) is 11.6 Å². The first kappa shape index (κ1) is 23.8. The van der Waals surface area contributed by atoms with E-state index in [9.17, 15) is 9.18 Å². The quantitative estimate of drug-likeness (QED) is 0.405. The summed E-state index contributed by atoms with van der Waals surface area (Å²) in [6.07, 6.45) is 2.35. The molecule has 0 aliphatic carbocycles. The molecule has 0 radical (unpaired) electrons. The Kier molecular flexibility index (Phi) is 6.25. The molecule has 192 valence electrons. The lowest BCUT2D eigenvalue weighted by molar-refractivity contribution is 0.00104. The molecule has 0 saturated carbocycles. The molecular formula is C26H25FN4O5S. The Labute approximate surface area is 215 Å². The minimum atomic E-state index is -0.499. The normalized spacial score (nSPS) is 17.5. The van der Waals surface area contributed by atoms with E-state index in [1.807, 2.05) is 19.1 Å². The molecule has 0 bridgehead atoms. The predicted octanol–water partition coefficient (Wildman–Crippen LogP) is 4.57. The van der Waals surface area contributed by atoms with Gasteiger partial charge in [0.05, 0.1) is 54.3 Å². The van der Waals surface area contributed by atoms with Crippen LogP contribution in [-0.2, 0) is 15.9 Å². The highest BCUT2D eigenvalue weighted by molar-refractivity contribution is 7.22. The Bertz CT molecular complexity index is 1500. The lowest BCUT2D eigenvalue weighted by atomic mass is 10.1. The van der Waals surface area contributed by atoms with Crippen LogP contribution < -0.4 is 14.8 Å². The van der Waals surface area contributed by atoms with Crippen LogP contribution in [0.3, 0.4) is 0 Å². The first-order valence-electron chi connectivity index (χ1n) is 12.1. The molecule has 1 atom stereocenters. The van der Waals surface area contributed by atoms with Crippen LogP contribution in [0.5, 0.6) is 11.6 Å². The third-order valence-corrected chi connectivity index (χ3v) is 7.69. The molecule has 4 heterocycles. The zero-order valence-electron chi connectivity index (χ0n) is 20.4. The van der Waals surface area contributed by atoms with Gasteiger partial charge in [-0.3, -0.25) is 0 Å². The number of hydrogen-bond donors (Lipinski definition) is 1. The summed E-state index contributed by atoms with van der Waals surface area (Å²) in [6, 6.07) is 5.35. The summed E-state index contributed by atoms with van der Waals surface area (Å²) in [6.45, 7) is 3.37. The molecule has 1 N–H and O–H groups in total. The molecule has 0 spiro atoms. The first-order chi connectivity index (χ1) is 18.0. The predicted molar refractivity (Wildman–Crippen MR) is 136 cm³/mol. The van der Waals surface area contributed by atoms with Crippen molar-refractivity contribution in [2.24, 2.45) is 0 Å². The maximum absolute atomic E-state index is 15.0. The van der Waals surface area contributed by atoms with Gasteiger partial charge in [0, 0.05) is 36.5 Å². The van der Waals surface area contributed by atoms with Gasteiger partial charge in [-0.1, -0.05) is 0 Å². The summed E-state index contributed by atoms with van der Waals surface area (Å²) < 4.78 is 37.7. The number of thiazole rings is 1. The van der Waals surface area contributed by atoms with E-state index in [0.717, 1.165) is 26.4 Å². The van der Waals surface area contributed by atoms with Crippen LogP contribution in [-0.4, -0.2) is 60.1 Å². The summed E-state index contributed by atoms with van der Waals surface area (Å²) in [5.41, 5.74) is 4.55. The summed E-state index contributed by atoms with van der Waals surface area (Å²) in [7, 11) is 1.55. The van der Waals surface area contributed by atoms with Crippen LogP contribution >= 0.6 is 11.3 Å². The molecule has 6 rings (SSSR count). The fourth-order valence-electron chi connectivity index (χ4n) is 4.75. The van der Waals surface area contributed by atoms with Crippen molar-refractivity contribution < 1.29 is 28.1 Å².